The van der Waals surface area contributed by atoms with Gasteiger partial charge in [0.1, 0.15) is 17.1 Å². The summed E-state index contributed by atoms with van der Waals surface area (Å²) in [6.07, 6.45) is 2.83. The summed E-state index contributed by atoms with van der Waals surface area (Å²) in [5.74, 6) is -0.206. The lowest BCUT2D eigenvalue weighted by molar-refractivity contribution is -0.232. The molecule has 3 N–H and O–H groups in total. The average molecular weight is 646 g/mol. The molecule has 0 spiro atoms. The van der Waals surface area contributed by atoms with Crippen molar-refractivity contribution in [3.05, 3.63) is 53.3 Å². The summed E-state index contributed by atoms with van der Waals surface area (Å²) in [6, 6.07) is 9.84. The van der Waals surface area contributed by atoms with Crippen LogP contribution < -0.4 is 5.32 Å². The molecule has 1 aliphatic heterocycles. The topological polar surface area (TPSA) is 139 Å². The number of nitrogens with zero attached hydrogens (tertiary/aromatic N) is 4. The first-order chi connectivity index (χ1) is 22.1. The van der Waals surface area contributed by atoms with Gasteiger partial charge >= 0.3 is 0 Å². The molecule has 3 aromatic rings. The molecule has 2 aromatic carbocycles. The van der Waals surface area contributed by atoms with Crippen LogP contribution in [0.3, 0.4) is 0 Å². The highest BCUT2D eigenvalue weighted by molar-refractivity contribution is 5.95. The largest absolute Gasteiger partial charge is 0.508 e. The number of ether oxygens (including phenoxy) is 2. The summed E-state index contributed by atoms with van der Waals surface area (Å²) in [4.78, 5) is 28.4. The maximum atomic E-state index is 13.7. The van der Waals surface area contributed by atoms with E-state index in [4.69, 9.17) is 9.47 Å². The Labute approximate surface area is 276 Å². The predicted octanol–water partition coefficient (Wildman–Crippen LogP) is 5.64. The fourth-order valence-corrected chi connectivity index (χ4v) is 8.17. The van der Waals surface area contributed by atoms with Gasteiger partial charge in [0.25, 0.3) is 11.8 Å². The summed E-state index contributed by atoms with van der Waals surface area (Å²) >= 11 is 0. The number of rotatable bonds is 9. The number of hydrogen-bond donors (Lipinski definition) is 3. The van der Waals surface area contributed by atoms with Crippen molar-refractivity contribution >= 4 is 11.8 Å². The van der Waals surface area contributed by atoms with Gasteiger partial charge in [-0.2, -0.15) is 0 Å². The van der Waals surface area contributed by atoms with E-state index in [2.05, 4.69) is 29.4 Å². The van der Waals surface area contributed by atoms with Crippen LogP contribution in [0.2, 0.25) is 0 Å². The van der Waals surface area contributed by atoms with Crippen LogP contribution in [-0.4, -0.2) is 79.3 Å². The van der Waals surface area contributed by atoms with E-state index in [0.717, 1.165) is 12.8 Å². The van der Waals surface area contributed by atoms with Gasteiger partial charge in [-0.15, -0.1) is 10.2 Å². The van der Waals surface area contributed by atoms with Crippen molar-refractivity contribution in [2.75, 3.05) is 20.1 Å². The molecule has 0 radical (unpaired) electrons. The molecule has 4 fully saturated rings. The van der Waals surface area contributed by atoms with E-state index < -0.39 is 17.3 Å². The smallest absolute Gasteiger partial charge is 0.289 e. The first-order valence-corrected chi connectivity index (χ1v) is 16.6. The van der Waals surface area contributed by atoms with E-state index >= 15 is 0 Å². The van der Waals surface area contributed by atoms with Crippen LogP contribution in [0.1, 0.15) is 100 Å². The molecule has 2 amide bonds. The normalized spacial score (nSPS) is 25.3. The summed E-state index contributed by atoms with van der Waals surface area (Å²) in [5.41, 5.74) is 1.72. The third-order valence-corrected chi connectivity index (χ3v) is 10.7. The molecule has 1 aromatic heterocycles. The highest BCUT2D eigenvalue weighted by atomic mass is 16.8. The molecular formula is C36H47N5O6. The second-order valence-electron chi connectivity index (χ2n) is 14.8. The molecule has 3 saturated carbocycles. The Kier molecular flexibility index (Phi) is 8.15. The number of carbonyl (C=O) groups excluding carboxylic acids is 2. The van der Waals surface area contributed by atoms with Crippen molar-refractivity contribution in [1.29, 1.82) is 0 Å². The van der Waals surface area contributed by atoms with Crippen LogP contribution in [0.15, 0.2) is 36.4 Å². The van der Waals surface area contributed by atoms with Crippen molar-refractivity contribution in [3.63, 3.8) is 0 Å². The zero-order valence-corrected chi connectivity index (χ0v) is 28.6. The zero-order chi connectivity index (χ0) is 34.1. The molecule has 2 bridgehead atoms. The first-order valence-electron chi connectivity index (χ1n) is 16.6. The lowest BCUT2D eigenvalue weighted by Gasteiger charge is -2.65. The van der Waals surface area contributed by atoms with Crippen LogP contribution in [0.4, 0.5) is 0 Å². The van der Waals surface area contributed by atoms with E-state index in [1.807, 2.05) is 41.7 Å². The quantitative estimate of drug-likeness (QED) is 0.272. The first kappa shape index (κ1) is 33.0. The highest BCUT2D eigenvalue weighted by Gasteiger charge is 2.70. The number of phenolic OH excluding ortho intramolecular Hbond substituents is 2. The Bertz CT molecular complexity index is 1700. The van der Waals surface area contributed by atoms with Crippen LogP contribution in [-0.2, 0) is 9.47 Å². The van der Waals surface area contributed by atoms with Gasteiger partial charge < -0.3 is 29.9 Å². The summed E-state index contributed by atoms with van der Waals surface area (Å²) < 4.78 is 14.7. The lowest BCUT2D eigenvalue weighted by Crippen LogP contribution is -2.67. The molecule has 252 valence electrons. The van der Waals surface area contributed by atoms with Crippen molar-refractivity contribution in [3.8, 4) is 28.6 Å². The van der Waals surface area contributed by atoms with Gasteiger partial charge in [0.05, 0.1) is 11.7 Å². The minimum atomic E-state index is -0.655. The van der Waals surface area contributed by atoms with Crippen molar-refractivity contribution < 1.29 is 29.3 Å². The standard InChI is InChI=1S/C36H47N5O6/c1-9-37-32(44)31-39-38-30(25-18-24(20(2)3)26(42)19-27(25)43)41(31)23-12-10-21(11-13-23)33(45)40(8)15-14-36-28-16-22(34(28,4)5)17-29(36)46-35(6,7)47-36/h10-13,18-20,22,28-29,42-43H,9,14-17H2,1-8H3,(H,37,44)/t22-,28-,29+,36-/m1/s1. The SMILES string of the molecule is CCNC(=O)c1nnc(-c2cc(C(C)C)c(O)cc2O)n1-c1ccc(C(=O)N(C)CC[C@]23OC(C)(C)O[C@H]2C[C@H]2C[C@@H]3C2(C)C)cc1. The molecule has 7 rings (SSSR count). The van der Waals surface area contributed by atoms with E-state index in [1.54, 1.807) is 39.8 Å². The molecule has 11 nitrogen and oxygen atoms in total. The molecular weight excluding hydrogens is 598 g/mol. The molecule has 1 saturated heterocycles. The van der Waals surface area contributed by atoms with Crippen LogP contribution in [0, 0.1) is 17.3 Å². The molecule has 0 unspecified atom stereocenters. The van der Waals surface area contributed by atoms with Gasteiger partial charge in [-0.3, -0.25) is 14.2 Å². The van der Waals surface area contributed by atoms with Gasteiger partial charge in [0.2, 0.25) is 5.82 Å². The molecule has 47 heavy (non-hydrogen) atoms. The molecule has 4 atom stereocenters. The number of amides is 2. The number of benzene rings is 2. The minimum absolute atomic E-state index is 0.0267. The second-order valence-corrected chi connectivity index (χ2v) is 14.8. The Balaban J connectivity index is 1.26. The maximum Gasteiger partial charge on any atom is 0.289 e. The molecule has 4 aliphatic rings. The van der Waals surface area contributed by atoms with Gasteiger partial charge in [-0.05, 0) is 99.1 Å². The molecule has 3 aliphatic carbocycles. The predicted molar refractivity (Wildman–Crippen MR) is 177 cm³/mol. The average Bonchev–Trinajstić information content (AvgIpc) is 3.57. The van der Waals surface area contributed by atoms with Crippen molar-refractivity contribution in [2.45, 2.75) is 91.1 Å². The third-order valence-electron chi connectivity index (χ3n) is 10.7. The van der Waals surface area contributed by atoms with E-state index in [0.29, 0.717) is 53.7 Å². The Morgan fingerprint density at radius 3 is 2.40 bits per heavy atom. The van der Waals surface area contributed by atoms with Gasteiger partial charge in [0, 0.05) is 37.5 Å². The van der Waals surface area contributed by atoms with E-state index in [1.165, 1.54) is 6.07 Å². The van der Waals surface area contributed by atoms with E-state index in [9.17, 15) is 19.8 Å². The summed E-state index contributed by atoms with van der Waals surface area (Å²) in [6.45, 7) is 15.2. The Morgan fingerprint density at radius 1 is 1.06 bits per heavy atom. The number of aromatic nitrogens is 3. The summed E-state index contributed by atoms with van der Waals surface area (Å²) in [5, 5.41) is 32.4. The van der Waals surface area contributed by atoms with Crippen molar-refractivity contribution in [1.82, 2.24) is 25.0 Å². The second kappa shape index (κ2) is 11.6. The van der Waals surface area contributed by atoms with Gasteiger partial charge in [0.15, 0.2) is 11.6 Å². The number of phenols is 2. The Morgan fingerprint density at radius 2 is 1.77 bits per heavy atom. The van der Waals surface area contributed by atoms with E-state index in [-0.39, 0.29) is 46.5 Å². The van der Waals surface area contributed by atoms with Gasteiger partial charge in [-0.1, -0.05) is 27.7 Å². The third kappa shape index (κ3) is 5.47. The van der Waals surface area contributed by atoms with Crippen molar-refractivity contribution in [2.24, 2.45) is 17.3 Å². The molecule has 2 heterocycles. The maximum absolute atomic E-state index is 13.7. The fraction of sp³-hybridized carbons (Fsp3) is 0.556. The Hall–Kier alpha value is -3.96. The van der Waals surface area contributed by atoms with Gasteiger partial charge in [-0.25, -0.2) is 0 Å². The zero-order valence-electron chi connectivity index (χ0n) is 28.6. The monoisotopic (exact) mass is 645 g/mol. The number of carbonyl (C=O) groups is 2. The van der Waals surface area contributed by atoms with Crippen LogP contribution >= 0.6 is 0 Å². The molecule has 11 heteroatoms. The summed E-state index contributed by atoms with van der Waals surface area (Å²) in [7, 11) is 1.81. The van der Waals surface area contributed by atoms with Crippen LogP contribution in [0.5, 0.6) is 11.5 Å². The number of hydrogen-bond acceptors (Lipinski definition) is 8. The lowest BCUT2D eigenvalue weighted by atomic mass is 9.43. The number of nitrogens with one attached hydrogen (secondary N) is 1. The number of aromatic hydroxyl groups is 2. The highest BCUT2D eigenvalue weighted by Crippen LogP contribution is 2.68. The fourth-order valence-electron chi connectivity index (χ4n) is 8.17. The minimum Gasteiger partial charge on any atom is -0.508 e. The van der Waals surface area contributed by atoms with Crippen LogP contribution in [0.25, 0.3) is 17.1 Å².